The first-order chi connectivity index (χ1) is 5.01. The van der Waals surface area contributed by atoms with Crippen molar-refractivity contribution in [2.75, 3.05) is 7.05 Å². The molecule has 1 heterocycles. The molecule has 0 unspecified atom stereocenters. The summed E-state index contributed by atoms with van der Waals surface area (Å²) in [6, 6.07) is 0.0311. The Bertz CT molecular complexity index is 239. The van der Waals surface area contributed by atoms with Crippen molar-refractivity contribution in [3.63, 3.8) is 0 Å². The van der Waals surface area contributed by atoms with Gasteiger partial charge >= 0.3 is 0 Å². The molecule has 1 fully saturated rings. The second kappa shape index (κ2) is 4.80. The molecular weight excluding hydrogens is 206 g/mol. The van der Waals surface area contributed by atoms with E-state index < -0.39 is 5.60 Å². The quantitative estimate of drug-likeness (QED) is 0.577. The molecule has 1 amide bonds. The smallest absolute Gasteiger partial charge is 0.267 e. The van der Waals surface area contributed by atoms with Gasteiger partial charge in [-0.2, -0.15) is 27.0 Å². The van der Waals surface area contributed by atoms with Crippen molar-refractivity contribution in [2.24, 2.45) is 0 Å². The summed E-state index contributed by atoms with van der Waals surface area (Å²) in [5.74, 6) is 1.75. The molecule has 13 heavy (non-hydrogen) atoms. The van der Waals surface area contributed by atoms with Crippen LogP contribution in [-0.4, -0.2) is 34.6 Å². The minimum absolute atomic E-state index is 0. The maximum absolute atomic E-state index is 11.2. The molecule has 0 saturated carbocycles. The molecule has 1 aliphatic rings. The first-order valence-electron chi connectivity index (χ1n) is 3.48. The minimum Gasteiger partial charge on any atom is -0.369 e. The van der Waals surface area contributed by atoms with E-state index >= 15 is 0 Å². The van der Waals surface area contributed by atoms with Gasteiger partial charge in [-0.05, 0) is 6.92 Å². The second-order valence-electron chi connectivity index (χ2n) is 2.97. The molecule has 0 radical (unpaired) electrons. The summed E-state index contributed by atoms with van der Waals surface area (Å²) < 4.78 is 0. The van der Waals surface area contributed by atoms with Gasteiger partial charge in [0.1, 0.15) is 0 Å². The van der Waals surface area contributed by atoms with E-state index in [1.165, 1.54) is 4.90 Å². The van der Waals surface area contributed by atoms with Gasteiger partial charge < -0.3 is 10.0 Å². The van der Waals surface area contributed by atoms with Crippen LogP contribution in [0.25, 0.3) is 0 Å². The van der Waals surface area contributed by atoms with Crippen LogP contribution >= 0.6 is 27.0 Å². The fourth-order valence-electron chi connectivity index (χ4n) is 1.26. The van der Waals surface area contributed by atoms with Gasteiger partial charge in [-0.3, -0.25) is 4.79 Å². The van der Waals surface area contributed by atoms with E-state index in [9.17, 15) is 9.90 Å². The number of likely N-dealkylation sites (tertiary alicyclic amines) is 1. The molecule has 0 spiro atoms. The number of terminal acetylenes is 1. The second-order valence-corrected chi connectivity index (χ2v) is 2.97. The lowest BCUT2D eigenvalue weighted by atomic mass is 10.0. The zero-order valence-corrected chi connectivity index (χ0v) is 9.66. The Morgan fingerprint density at radius 3 is 2.31 bits per heavy atom. The summed E-state index contributed by atoms with van der Waals surface area (Å²) in [7, 11) is 1.64. The van der Waals surface area contributed by atoms with Gasteiger partial charge in [0.15, 0.2) is 0 Å². The molecule has 0 aromatic carbocycles. The summed E-state index contributed by atoms with van der Waals surface area (Å²) in [5, 5.41) is 9.48. The van der Waals surface area contributed by atoms with Crippen LogP contribution in [0.4, 0.5) is 0 Å². The third kappa shape index (κ3) is 2.33. The molecule has 76 valence electrons. The van der Waals surface area contributed by atoms with Gasteiger partial charge in [0.2, 0.25) is 5.60 Å². The average Bonchev–Trinajstić information content (AvgIpc) is 2.17. The van der Waals surface area contributed by atoms with Crippen molar-refractivity contribution in [3.8, 4) is 12.3 Å². The van der Waals surface area contributed by atoms with E-state index in [-0.39, 0.29) is 38.9 Å². The van der Waals surface area contributed by atoms with Gasteiger partial charge in [-0.15, -0.1) is 6.42 Å². The molecule has 1 rings (SSSR count). The maximum Gasteiger partial charge on any atom is 0.267 e. The van der Waals surface area contributed by atoms with Crippen LogP contribution in [0.2, 0.25) is 0 Å². The predicted octanol–water partition coefficient (Wildman–Crippen LogP) is -0.173. The molecule has 3 nitrogen and oxygen atoms in total. The zero-order valence-electron chi connectivity index (χ0n) is 7.66. The lowest BCUT2D eigenvalue weighted by Gasteiger charge is -2.14. The lowest BCUT2D eigenvalue weighted by Crippen LogP contribution is -2.37. The third-order valence-corrected chi connectivity index (χ3v) is 2.16. The van der Waals surface area contributed by atoms with Gasteiger partial charge in [0, 0.05) is 19.5 Å². The zero-order chi connectivity index (χ0) is 8.65. The van der Waals surface area contributed by atoms with Crippen LogP contribution in [-0.2, 0) is 4.79 Å². The summed E-state index contributed by atoms with van der Waals surface area (Å²) in [6.45, 7) is 1.85. The highest BCUT2D eigenvalue weighted by Gasteiger charge is 2.46. The highest BCUT2D eigenvalue weighted by Crippen LogP contribution is 2.25. The van der Waals surface area contributed by atoms with Crippen molar-refractivity contribution in [1.29, 1.82) is 0 Å². The number of carbonyl (C=O) groups is 1. The molecular formula is C8H15NO2S2. The van der Waals surface area contributed by atoms with Gasteiger partial charge in [0.25, 0.3) is 5.91 Å². The number of aliphatic hydroxyl groups is 1. The molecule has 0 aromatic heterocycles. The van der Waals surface area contributed by atoms with Crippen LogP contribution in [0.15, 0.2) is 0 Å². The van der Waals surface area contributed by atoms with E-state index in [0.717, 1.165) is 0 Å². The fourth-order valence-corrected chi connectivity index (χ4v) is 1.26. The normalized spacial score (nSPS) is 31.7. The lowest BCUT2D eigenvalue weighted by molar-refractivity contribution is -0.138. The molecule has 5 heteroatoms. The summed E-state index contributed by atoms with van der Waals surface area (Å²) in [4.78, 5) is 12.7. The predicted molar refractivity (Wildman–Crippen MR) is 61.4 cm³/mol. The Morgan fingerprint density at radius 2 is 2.15 bits per heavy atom. The Kier molecular flexibility index (Phi) is 5.60. The Hall–Kier alpha value is -0.310. The van der Waals surface area contributed by atoms with Crippen molar-refractivity contribution in [1.82, 2.24) is 4.90 Å². The molecule has 2 atom stereocenters. The Morgan fingerprint density at radius 1 is 1.69 bits per heavy atom. The third-order valence-electron chi connectivity index (χ3n) is 2.16. The first-order valence-corrected chi connectivity index (χ1v) is 3.48. The van der Waals surface area contributed by atoms with Gasteiger partial charge in [-0.25, -0.2) is 0 Å². The fraction of sp³-hybridized carbons (Fsp3) is 0.625. The van der Waals surface area contributed by atoms with Crippen LogP contribution < -0.4 is 0 Å². The van der Waals surface area contributed by atoms with Crippen LogP contribution in [0.1, 0.15) is 13.3 Å². The van der Waals surface area contributed by atoms with E-state index in [2.05, 4.69) is 5.92 Å². The van der Waals surface area contributed by atoms with Crippen molar-refractivity contribution in [3.05, 3.63) is 0 Å². The number of nitrogens with zero attached hydrogens (tertiary/aromatic N) is 1. The molecule has 1 N–H and O–H groups in total. The van der Waals surface area contributed by atoms with E-state index in [1.54, 1.807) is 7.05 Å². The Labute approximate surface area is 92.4 Å². The summed E-state index contributed by atoms with van der Waals surface area (Å²) in [5.41, 5.74) is -1.55. The summed E-state index contributed by atoms with van der Waals surface area (Å²) >= 11 is 0. The van der Waals surface area contributed by atoms with E-state index in [0.29, 0.717) is 6.42 Å². The van der Waals surface area contributed by atoms with Gasteiger partial charge in [0.05, 0.1) is 0 Å². The largest absolute Gasteiger partial charge is 0.369 e. The number of likely N-dealkylation sites (N-methyl/N-ethyl adjacent to an activating group) is 1. The van der Waals surface area contributed by atoms with E-state index in [4.69, 9.17) is 6.42 Å². The first kappa shape index (κ1) is 15.2. The molecule has 1 saturated heterocycles. The average molecular weight is 221 g/mol. The molecule has 0 aromatic rings. The number of carbonyl (C=O) groups excluding carboxylic acids is 1. The van der Waals surface area contributed by atoms with Gasteiger partial charge in [-0.1, -0.05) is 5.92 Å². The summed E-state index contributed by atoms with van der Waals surface area (Å²) in [6.07, 6.45) is 5.37. The van der Waals surface area contributed by atoms with Crippen molar-refractivity contribution in [2.45, 2.75) is 25.0 Å². The van der Waals surface area contributed by atoms with Crippen molar-refractivity contribution >= 4 is 32.9 Å². The van der Waals surface area contributed by atoms with Crippen LogP contribution in [0.3, 0.4) is 0 Å². The molecule has 1 aliphatic heterocycles. The highest BCUT2D eigenvalue weighted by atomic mass is 32.1. The Balaban J connectivity index is 0. The molecule has 0 bridgehead atoms. The van der Waals surface area contributed by atoms with Crippen LogP contribution in [0, 0.1) is 12.3 Å². The highest BCUT2D eigenvalue weighted by molar-refractivity contribution is 7.59. The molecule has 0 aliphatic carbocycles. The number of rotatable bonds is 0. The van der Waals surface area contributed by atoms with Crippen LogP contribution in [0.5, 0.6) is 0 Å². The minimum atomic E-state index is -1.55. The van der Waals surface area contributed by atoms with Crippen molar-refractivity contribution < 1.29 is 9.90 Å². The monoisotopic (exact) mass is 221 g/mol. The SMILES string of the molecule is C#C[C@]1(O)C[C@H](C)N(C)C1=O.S.S. The number of hydrogen-bond donors (Lipinski definition) is 1. The topological polar surface area (TPSA) is 40.5 Å². The van der Waals surface area contributed by atoms with E-state index in [1.807, 2.05) is 6.92 Å². The maximum atomic E-state index is 11.2. The number of amides is 1. The number of hydrogen-bond acceptors (Lipinski definition) is 2. The standard InChI is InChI=1S/C8H11NO2.2H2S/c1-4-8(11)5-6(2)9(3)7(8)10;;/h1,6,11H,5H2,2-3H3;2*1H2/t6-,8-;;/m0../s1.